The Bertz CT molecular complexity index is 1080. The summed E-state index contributed by atoms with van der Waals surface area (Å²) in [6.07, 6.45) is 12.7. The van der Waals surface area contributed by atoms with E-state index in [-0.39, 0.29) is 24.8 Å². The molecule has 0 aliphatic heterocycles. The van der Waals surface area contributed by atoms with E-state index in [0.29, 0.717) is 5.92 Å². The topological polar surface area (TPSA) is 0 Å². The molecule has 1 unspecified atom stereocenters. The molecule has 0 heterocycles. The summed E-state index contributed by atoms with van der Waals surface area (Å²) in [5, 5.41) is 0. The van der Waals surface area contributed by atoms with Crippen molar-refractivity contribution in [3.05, 3.63) is 128 Å². The van der Waals surface area contributed by atoms with Crippen molar-refractivity contribution in [2.45, 2.75) is 12.3 Å². The maximum absolute atomic E-state index is 4.17. The fraction of sp³-hybridized carbons (Fsp3) is 0.0769. The number of halogens is 4. The van der Waals surface area contributed by atoms with Crippen LogP contribution in [0.25, 0.3) is 11.6 Å². The molecule has 3 aromatic carbocycles. The number of rotatable bonds is 2. The van der Waals surface area contributed by atoms with Crippen molar-refractivity contribution in [1.29, 1.82) is 0 Å². The summed E-state index contributed by atoms with van der Waals surface area (Å²) in [7, 11) is 4.17. The predicted molar refractivity (Wildman–Crippen MR) is 132 cm³/mol. The molecule has 162 valence electrons. The Kier molecular flexibility index (Phi) is 14.3. The summed E-state index contributed by atoms with van der Waals surface area (Å²) >= 11 is 8.17. The van der Waals surface area contributed by atoms with Gasteiger partial charge in [-0.2, -0.15) is 11.6 Å². The van der Waals surface area contributed by atoms with Gasteiger partial charge in [0.1, 0.15) is 0 Å². The molecule has 0 radical (unpaired) electrons. The molecule has 0 nitrogen and oxygen atoms in total. The van der Waals surface area contributed by atoms with Crippen LogP contribution >= 0.6 is 40.7 Å². The van der Waals surface area contributed by atoms with Crippen molar-refractivity contribution >= 4 is 52.4 Å². The fourth-order valence-corrected chi connectivity index (χ4v) is 4.28. The van der Waals surface area contributed by atoms with E-state index in [1.165, 1.54) is 32.3 Å². The molecular formula is C26H18Br2Cl2SZr-2. The van der Waals surface area contributed by atoms with E-state index in [4.69, 9.17) is 0 Å². The molecule has 0 saturated carbocycles. The number of hydrogen-bond acceptors (Lipinski definition) is 1. The Balaban J connectivity index is 0.000000289. The van der Waals surface area contributed by atoms with Gasteiger partial charge in [0.05, 0.1) is 0 Å². The Morgan fingerprint density at radius 3 is 2.22 bits per heavy atom. The quantitative estimate of drug-likeness (QED) is 0.375. The molecule has 0 spiro atoms. The molecule has 0 aromatic heterocycles. The summed E-state index contributed by atoms with van der Waals surface area (Å²) < 4.78 is 2.29. The standard InChI is InChI=1S/C15H10Br.C11H8Br.2ClH.S.Zr/c16-14-8-4-7-12-9-10-13(15(12)14)11-5-2-1-3-6-11;12-11-7-5-10(6-8-11)9-3-1-2-4-9;;;;/h1-6,8-10,13H;3-8H,1H2;2*1H;;/q2*-1;;;;+2/p-2. The van der Waals surface area contributed by atoms with Crippen LogP contribution in [0.15, 0.2) is 93.9 Å². The monoisotopic (exact) mass is 680 g/mol. The number of fused-ring (bicyclic) bond motifs is 1. The molecule has 0 amide bonds. The van der Waals surface area contributed by atoms with E-state index in [2.05, 4.69) is 132 Å². The van der Waals surface area contributed by atoms with Crippen molar-refractivity contribution in [2.24, 2.45) is 0 Å². The Labute approximate surface area is 238 Å². The third-order valence-corrected chi connectivity index (χ3v) is 6.04. The van der Waals surface area contributed by atoms with E-state index in [1.807, 2.05) is 12.1 Å². The van der Waals surface area contributed by atoms with Gasteiger partial charge in [0, 0.05) is 4.47 Å². The summed E-state index contributed by atoms with van der Waals surface area (Å²) in [5.41, 5.74) is 6.40. The van der Waals surface area contributed by atoms with Crippen LogP contribution in [-0.2, 0) is 22.7 Å². The van der Waals surface area contributed by atoms with E-state index in [9.17, 15) is 0 Å². The zero-order chi connectivity index (χ0) is 21.3. The molecule has 0 fully saturated rings. The van der Waals surface area contributed by atoms with Gasteiger partial charge in [0.2, 0.25) is 0 Å². The van der Waals surface area contributed by atoms with Crippen LogP contribution in [0.5, 0.6) is 0 Å². The summed E-state index contributed by atoms with van der Waals surface area (Å²) in [6.45, 7) is 0. The van der Waals surface area contributed by atoms with Gasteiger partial charge in [-0.25, -0.2) is 6.08 Å². The van der Waals surface area contributed by atoms with Gasteiger partial charge in [-0.05, 0) is 23.6 Å². The minimum atomic E-state index is 0. The second-order valence-corrected chi connectivity index (χ2v) is 8.39. The van der Waals surface area contributed by atoms with Crippen molar-refractivity contribution in [1.82, 2.24) is 0 Å². The molecule has 2 aliphatic rings. The van der Waals surface area contributed by atoms with Gasteiger partial charge in [-0.1, -0.05) is 78.8 Å². The molecule has 6 heteroatoms. The van der Waals surface area contributed by atoms with Crippen LogP contribution < -0.4 is 24.8 Å². The molecule has 3 aromatic rings. The van der Waals surface area contributed by atoms with Crippen molar-refractivity contribution in [3.8, 4) is 0 Å². The van der Waals surface area contributed by atoms with Crippen LogP contribution in [0.1, 0.15) is 34.6 Å². The fourth-order valence-electron chi connectivity index (χ4n) is 3.42. The first-order valence-electron chi connectivity index (χ1n) is 9.39. The summed E-state index contributed by atoms with van der Waals surface area (Å²) in [6, 6.07) is 26.2. The molecule has 32 heavy (non-hydrogen) atoms. The second kappa shape index (κ2) is 15.4. The van der Waals surface area contributed by atoms with Crippen molar-refractivity contribution < 1.29 is 47.5 Å². The van der Waals surface area contributed by atoms with Gasteiger partial charge in [0.25, 0.3) is 0 Å². The summed E-state index contributed by atoms with van der Waals surface area (Å²) in [4.78, 5) is 0. The first-order valence-corrected chi connectivity index (χ1v) is 14.4. The van der Waals surface area contributed by atoms with Crippen LogP contribution in [0.2, 0.25) is 0 Å². The number of allylic oxidation sites excluding steroid dienone is 5. The molecule has 0 N–H and O–H groups in total. The van der Waals surface area contributed by atoms with E-state index in [0.717, 1.165) is 33.6 Å². The SMILES string of the molecule is Brc1cc[c-]c2c1C(c1ccccc1)C=C2.Brc1ccc(C2=CC[C-]=C2)cc1.[Cl-].[Cl-].[S]=[Zr+2]. The Morgan fingerprint density at radius 2 is 1.59 bits per heavy atom. The zero-order valence-electron chi connectivity index (χ0n) is 16.9. The number of hydrogen-bond donors (Lipinski definition) is 0. The normalized spacial score (nSPS) is 14.5. The van der Waals surface area contributed by atoms with E-state index < -0.39 is 0 Å². The van der Waals surface area contributed by atoms with Gasteiger partial charge < -0.3 is 24.8 Å². The van der Waals surface area contributed by atoms with Gasteiger partial charge in [-0.15, -0.1) is 53.5 Å². The second-order valence-electron chi connectivity index (χ2n) is 6.62. The average molecular weight is 684 g/mol. The Morgan fingerprint density at radius 1 is 0.906 bits per heavy atom. The van der Waals surface area contributed by atoms with Crippen LogP contribution in [-0.4, -0.2) is 0 Å². The first-order chi connectivity index (χ1) is 14.7. The Hall–Kier alpha value is -0.477. The van der Waals surface area contributed by atoms with E-state index in [1.54, 1.807) is 0 Å². The third-order valence-electron chi connectivity index (χ3n) is 4.82. The molecule has 0 bridgehead atoms. The number of benzene rings is 3. The zero-order valence-corrected chi connectivity index (χ0v) is 24.8. The molecule has 0 saturated heterocycles. The van der Waals surface area contributed by atoms with Crippen LogP contribution in [0, 0.1) is 12.1 Å². The molecule has 2 aliphatic carbocycles. The van der Waals surface area contributed by atoms with Gasteiger partial charge >= 0.3 is 31.5 Å². The molecule has 5 rings (SSSR count). The molecular weight excluding hydrogens is 666 g/mol. The van der Waals surface area contributed by atoms with E-state index >= 15 is 0 Å². The van der Waals surface area contributed by atoms with Crippen molar-refractivity contribution in [2.75, 3.05) is 0 Å². The van der Waals surface area contributed by atoms with Gasteiger partial charge in [0.15, 0.2) is 0 Å². The van der Waals surface area contributed by atoms with Crippen molar-refractivity contribution in [3.63, 3.8) is 0 Å². The minimum absolute atomic E-state index is 0. The van der Waals surface area contributed by atoms with Crippen LogP contribution in [0.3, 0.4) is 0 Å². The predicted octanol–water partition coefficient (Wildman–Crippen LogP) is 2.66. The summed E-state index contributed by atoms with van der Waals surface area (Å²) in [5.74, 6) is 0.364. The molecule has 1 atom stereocenters. The first kappa shape index (κ1) is 29.6. The maximum atomic E-state index is 4.17. The average Bonchev–Trinajstić information content (AvgIpc) is 3.48. The third kappa shape index (κ3) is 7.79. The van der Waals surface area contributed by atoms with Gasteiger partial charge in [-0.3, -0.25) is 6.08 Å². The van der Waals surface area contributed by atoms with Crippen LogP contribution in [0.4, 0.5) is 0 Å².